The van der Waals surface area contributed by atoms with Gasteiger partial charge in [0.1, 0.15) is 5.58 Å². The number of halogens is 1. The molecule has 1 aromatic heterocycles. The molecule has 0 fully saturated rings. The number of amides is 1. The van der Waals surface area contributed by atoms with Crippen molar-refractivity contribution in [2.24, 2.45) is 0 Å². The van der Waals surface area contributed by atoms with E-state index in [-0.39, 0.29) is 40.4 Å². The summed E-state index contributed by atoms with van der Waals surface area (Å²) in [5, 5.41) is 10.9. The molecular formula is C29H26ClNO7. The predicted molar refractivity (Wildman–Crippen MR) is 143 cm³/mol. The highest BCUT2D eigenvalue weighted by Gasteiger charge is 2.42. The standard InChI is InChI=1S/C29H26ClNO7/c1-4-37-23-14-17(6-8-20(23)32)26-25-27(33)19-15-18(30)7-10-21(19)38-28(25)29(34)31(26)12-11-16-5-9-22(35-2)24(13-16)36-3/h5-10,13-15,26,32H,4,11-12H2,1-3H3. The molecule has 2 heterocycles. The minimum atomic E-state index is -0.753. The van der Waals surface area contributed by atoms with Crippen LogP contribution in [0.15, 0.2) is 63.8 Å². The van der Waals surface area contributed by atoms with E-state index in [1.807, 2.05) is 18.2 Å². The zero-order valence-electron chi connectivity index (χ0n) is 21.1. The van der Waals surface area contributed by atoms with Crippen LogP contribution in [0.3, 0.4) is 0 Å². The third-order valence-electron chi connectivity index (χ3n) is 6.62. The van der Waals surface area contributed by atoms with E-state index in [2.05, 4.69) is 0 Å². The number of rotatable bonds is 8. The highest BCUT2D eigenvalue weighted by molar-refractivity contribution is 6.31. The minimum Gasteiger partial charge on any atom is -0.504 e. The Hall–Kier alpha value is -4.17. The molecule has 3 aromatic carbocycles. The number of hydrogen-bond donors (Lipinski definition) is 1. The average Bonchev–Trinajstić information content (AvgIpc) is 3.20. The fourth-order valence-corrected chi connectivity index (χ4v) is 5.00. The molecule has 4 aromatic rings. The molecule has 1 aliphatic rings. The van der Waals surface area contributed by atoms with Crippen LogP contribution in [0.4, 0.5) is 0 Å². The van der Waals surface area contributed by atoms with Gasteiger partial charge in [0.2, 0.25) is 5.76 Å². The Kier molecular flexibility index (Phi) is 6.91. The van der Waals surface area contributed by atoms with Gasteiger partial charge in [-0.3, -0.25) is 9.59 Å². The van der Waals surface area contributed by atoms with Gasteiger partial charge in [-0.25, -0.2) is 0 Å². The summed E-state index contributed by atoms with van der Waals surface area (Å²) in [7, 11) is 3.13. The van der Waals surface area contributed by atoms with Gasteiger partial charge in [0.05, 0.1) is 37.8 Å². The predicted octanol–water partition coefficient (Wildman–Crippen LogP) is 5.36. The number of fused-ring (bicyclic) bond motifs is 2. The van der Waals surface area contributed by atoms with Crippen LogP contribution in [-0.2, 0) is 6.42 Å². The Labute approximate surface area is 223 Å². The van der Waals surface area contributed by atoms with Gasteiger partial charge in [-0.2, -0.15) is 0 Å². The van der Waals surface area contributed by atoms with E-state index in [4.69, 9.17) is 30.2 Å². The summed E-state index contributed by atoms with van der Waals surface area (Å²) in [5.74, 6) is 1.01. The lowest BCUT2D eigenvalue weighted by Crippen LogP contribution is -2.31. The molecule has 196 valence electrons. The van der Waals surface area contributed by atoms with Crippen LogP contribution in [-0.4, -0.2) is 43.3 Å². The van der Waals surface area contributed by atoms with E-state index in [9.17, 15) is 14.7 Å². The van der Waals surface area contributed by atoms with Gasteiger partial charge in [-0.1, -0.05) is 23.7 Å². The molecule has 0 saturated carbocycles. The Morgan fingerprint density at radius 3 is 2.50 bits per heavy atom. The molecule has 1 atom stereocenters. The van der Waals surface area contributed by atoms with Crippen LogP contribution < -0.4 is 19.6 Å². The third-order valence-corrected chi connectivity index (χ3v) is 6.85. The number of hydrogen-bond acceptors (Lipinski definition) is 7. The molecule has 0 spiro atoms. The van der Waals surface area contributed by atoms with Crippen molar-refractivity contribution in [1.82, 2.24) is 4.90 Å². The lowest BCUT2D eigenvalue weighted by Gasteiger charge is -2.26. The molecule has 8 nitrogen and oxygen atoms in total. The zero-order chi connectivity index (χ0) is 27.0. The van der Waals surface area contributed by atoms with Crippen molar-refractivity contribution in [3.8, 4) is 23.0 Å². The number of carbonyl (C=O) groups excluding carboxylic acids is 1. The summed E-state index contributed by atoms with van der Waals surface area (Å²) in [6.45, 7) is 2.43. The molecular weight excluding hydrogens is 510 g/mol. The number of aromatic hydroxyl groups is 1. The minimum absolute atomic E-state index is 0.00633. The van der Waals surface area contributed by atoms with Crippen LogP contribution in [0, 0.1) is 0 Å². The van der Waals surface area contributed by atoms with Gasteiger partial charge in [0.25, 0.3) is 5.91 Å². The second-order valence-corrected chi connectivity index (χ2v) is 9.25. The van der Waals surface area contributed by atoms with Gasteiger partial charge in [0.15, 0.2) is 28.4 Å². The highest BCUT2D eigenvalue weighted by Crippen LogP contribution is 2.41. The molecule has 0 saturated heterocycles. The first-order chi connectivity index (χ1) is 18.4. The van der Waals surface area contributed by atoms with Gasteiger partial charge in [-0.05, 0) is 66.9 Å². The topological polar surface area (TPSA) is 98.4 Å². The number of phenols is 1. The van der Waals surface area contributed by atoms with E-state index in [1.54, 1.807) is 56.4 Å². The van der Waals surface area contributed by atoms with Crippen LogP contribution in [0.2, 0.25) is 5.02 Å². The number of benzene rings is 3. The van der Waals surface area contributed by atoms with Crippen LogP contribution >= 0.6 is 11.6 Å². The fourth-order valence-electron chi connectivity index (χ4n) is 4.83. The second-order valence-electron chi connectivity index (χ2n) is 8.82. The van der Waals surface area contributed by atoms with Crippen molar-refractivity contribution < 1.29 is 28.5 Å². The lowest BCUT2D eigenvalue weighted by atomic mass is 9.97. The lowest BCUT2D eigenvalue weighted by molar-refractivity contribution is 0.0729. The normalized spacial score (nSPS) is 14.6. The Bertz CT molecular complexity index is 1600. The molecule has 1 unspecified atom stereocenters. The summed E-state index contributed by atoms with van der Waals surface area (Å²) in [4.78, 5) is 29.1. The summed E-state index contributed by atoms with van der Waals surface area (Å²) in [5.41, 5.74) is 1.71. The molecule has 1 aliphatic heterocycles. The van der Waals surface area contributed by atoms with Gasteiger partial charge < -0.3 is 28.6 Å². The van der Waals surface area contributed by atoms with E-state index in [0.717, 1.165) is 5.56 Å². The first kappa shape index (κ1) is 25.5. The maximum Gasteiger partial charge on any atom is 0.290 e. The van der Waals surface area contributed by atoms with Crippen LogP contribution in [0.5, 0.6) is 23.0 Å². The van der Waals surface area contributed by atoms with Gasteiger partial charge >= 0.3 is 0 Å². The van der Waals surface area contributed by atoms with Crippen molar-refractivity contribution in [2.75, 3.05) is 27.4 Å². The first-order valence-corrected chi connectivity index (χ1v) is 12.5. The van der Waals surface area contributed by atoms with Gasteiger partial charge in [-0.15, -0.1) is 0 Å². The summed E-state index contributed by atoms with van der Waals surface area (Å²) in [6.07, 6.45) is 0.479. The maximum atomic E-state index is 13.7. The van der Waals surface area contributed by atoms with Crippen LogP contribution in [0.25, 0.3) is 11.0 Å². The number of carbonyl (C=O) groups is 1. The summed E-state index contributed by atoms with van der Waals surface area (Å²) >= 11 is 6.17. The van der Waals surface area contributed by atoms with Crippen molar-refractivity contribution in [3.63, 3.8) is 0 Å². The molecule has 1 N–H and O–H groups in total. The Morgan fingerprint density at radius 1 is 0.974 bits per heavy atom. The van der Waals surface area contributed by atoms with E-state index in [1.165, 1.54) is 6.07 Å². The maximum absolute atomic E-state index is 13.7. The van der Waals surface area contributed by atoms with Crippen LogP contribution in [0.1, 0.15) is 40.2 Å². The number of phenolic OH excluding ortho intramolecular Hbond substituents is 1. The zero-order valence-corrected chi connectivity index (χ0v) is 21.9. The molecule has 0 radical (unpaired) electrons. The molecule has 9 heteroatoms. The Balaban J connectivity index is 1.61. The van der Waals surface area contributed by atoms with E-state index < -0.39 is 11.9 Å². The van der Waals surface area contributed by atoms with E-state index >= 15 is 0 Å². The largest absolute Gasteiger partial charge is 0.504 e. The monoisotopic (exact) mass is 535 g/mol. The quantitative estimate of drug-likeness (QED) is 0.324. The summed E-state index contributed by atoms with van der Waals surface area (Å²) in [6, 6.07) is 14.4. The third kappa shape index (κ3) is 4.41. The van der Waals surface area contributed by atoms with Crippen molar-refractivity contribution >= 4 is 28.5 Å². The first-order valence-electron chi connectivity index (χ1n) is 12.1. The Morgan fingerprint density at radius 2 is 1.76 bits per heavy atom. The van der Waals surface area contributed by atoms with Crippen molar-refractivity contribution in [1.29, 1.82) is 0 Å². The van der Waals surface area contributed by atoms with Crippen molar-refractivity contribution in [3.05, 3.63) is 92.3 Å². The molecule has 1 amide bonds. The number of nitrogens with zero attached hydrogens (tertiary/aromatic N) is 1. The highest BCUT2D eigenvalue weighted by atomic mass is 35.5. The number of methoxy groups -OCH3 is 2. The fraction of sp³-hybridized carbons (Fsp3) is 0.241. The van der Waals surface area contributed by atoms with Crippen molar-refractivity contribution in [2.45, 2.75) is 19.4 Å². The SMILES string of the molecule is CCOc1cc(C2c3c(oc4ccc(Cl)cc4c3=O)C(=O)N2CCc2ccc(OC)c(OC)c2)ccc1O. The molecule has 5 rings (SSSR count). The average molecular weight is 536 g/mol. The second kappa shape index (κ2) is 10.3. The summed E-state index contributed by atoms with van der Waals surface area (Å²) < 4.78 is 22.3. The molecule has 0 bridgehead atoms. The number of ether oxygens (including phenoxy) is 3. The molecule has 0 aliphatic carbocycles. The smallest absolute Gasteiger partial charge is 0.290 e. The van der Waals surface area contributed by atoms with Gasteiger partial charge in [0, 0.05) is 11.6 Å². The molecule has 38 heavy (non-hydrogen) atoms. The van der Waals surface area contributed by atoms with E-state index in [0.29, 0.717) is 40.5 Å².